The third kappa shape index (κ3) is 2.97. The van der Waals surface area contributed by atoms with Gasteiger partial charge in [-0.2, -0.15) is 4.98 Å². The molecular formula is C10H14Cl2N4O. The van der Waals surface area contributed by atoms with Crippen molar-refractivity contribution >= 4 is 29.0 Å². The first-order chi connectivity index (χ1) is 8.22. The SMILES string of the molecule is OCCN(c1nc(Cl)nnc1Cl)C1CCCC1. The van der Waals surface area contributed by atoms with Gasteiger partial charge in [-0.1, -0.05) is 24.4 Å². The fourth-order valence-corrected chi connectivity index (χ4v) is 2.56. The second-order valence-corrected chi connectivity index (χ2v) is 4.75. The van der Waals surface area contributed by atoms with Crippen LogP contribution in [0, 0.1) is 0 Å². The molecule has 5 nitrogen and oxygen atoms in total. The lowest BCUT2D eigenvalue weighted by molar-refractivity contribution is 0.296. The molecule has 1 N–H and O–H groups in total. The second-order valence-electron chi connectivity index (χ2n) is 4.05. The molecule has 1 aromatic heterocycles. The molecule has 0 atom stereocenters. The lowest BCUT2D eigenvalue weighted by atomic mass is 10.2. The predicted octanol–water partition coefficient (Wildman–Crippen LogP) is 1.92. The molecule has 0 unspecified atom stereocenters. The fourth-order valence-electron chi connectivity index (χ4n) is 2.25. The average molecular weight is 277 g/mol. The molecule has 7 heteroatoms. The topological polar surface area (TPSA) is 62.1 Å². The highest BCUT2D eigenvalue weighted by atomic mass is 35.5. The molecule has 17 heavy (non-hydrogen) atoms. The Hall–Kier alpha value is -0.650. The summed E-state index contributed by atoms with van der Waals surface area (Å²) in [7, 11) is 0. The molecule has 1 fully saturated rings. The standard InChI is InChI=1S/C10H14Cl2N4O/c11-8-9(13-10(12)15-14-8)16(5-6-17)7-3-1-2-4-7/h7,17H,1-6H2. The Morgan fingerprint density at radius 2 is 1.94 bits per heavy atom. The fraction of sp³-hybridized carbons (Fsp3) is 0.700. The molecule has 0 saturated heterocycles. The van der Waals surface area contributed by atoms with E-state index in [4.69, 9.17) is 28.3 Å². The van der Waals surface area contributed by atoms with E-state index in [1.54, 1.807) is 0 Å². The van der Waals surface area contributed by atoms with Crippen LogP contribution >= 0.6 is 23.2 Å². The molecule has 1 aliphatic rings. The summed E-state index contributed by atoms with van der Waals surface area (Å²) in [5.41, 5.74) is 0. The quantitative estimate of drug-likeness (QED) is 0.911. The van der Waals surface area contributed by atoms with E-state index in [1.807, 2.05) is 4.90 Å². The summed E-state index contributed by atoms with van der Waals surface area (Å²) in [5, 5.41) is 16.8. The summed E-state index contributed by atoms with van der Waals surface area (Å²) in [6.45, 7) is 0.536. The van der Waals surface area contributed by atoms with Crippen LogP contribution in [0.2, 0.25) is 10.4 Å². The van der Waals surface area contributed by atoms with Crippen molar-refractivity contribution in [2.24, 2.45) is 0 Å². The number of aliphatic hydroxyl groups is 1. The Morgan fingerprint density at radius 3 is 2.59 bits per heavy atom. The number of halogens is 2. The highest BCUT2D eigenvalue weighted by Crippen LogP contribution is 2.30. The van der Waals surface area contributed by atoms with Crippen molar-refractivity contribution in [1.82, 2.24) is 15.2 Å². The lowest BCUT2D eigenvalue weighted by Crippen LogP contribution is -2.36. The Morgan fingerprint density at radius 1 is 1.24 bits per heavy atom. The van der Waals surface area contributed by atoms with E-state index in [0.717, 1.165) is 12.8 Å². The van der Waals surface area contributed by atoms with E-state index in [0.29, 0.717) is 18.4 Å². The monoisotopic (exact) mass is 276 g/mol. The van der Waals surface area contributed by atoms with Crippen LogP contribution in [0.3, 0.4) is 0 Å². The number of rotatable bonds is 4. The van der Waals surface area contributed by atoms with Gasteiger partial charge in [-0.15, -0.1) is 10.2 Å². The van der Waals surface area contributed by atoms with Gasteiger partial charge in [0.1, 0.15) is 0 Å². The van der Waals surface area contributed by atoms with Gasteiger partial charge in [-0.05, 0) is 24.4 Å². The molecule has 0 radical (unpaired) electrons. The second kappa shape index (κ2) is 5.80. The highest BCUT2D eigenvalue weighted by Gasteiger charge is 2.25. The number of anilines is 1. The number of nitrogens with zero attached hydrogens (tertiary/aromatic N) is 4. The van der Waals surface area contributed by atoms with Gasteiger partial charge in [0.15, 0.2) is 11.0 Å². The number of aliphatic hydroxyl groups excluding tert-OH is 1. The Balaban J connectivity index is 2.27. The number of hydrogen-bond acceptors (Lipinski definition) is 5. The number of aromatic nitrogens is 3. The third-order valence-corrected chi connectivity index (χ3v) is 3.39. The maximum Gasteiger partial charge on any atom is 0.245 e. The molecule has 1 heterocycles. The molecule has 0 aliphatic heterocycles. The van der Waals surface area contributed by atoms with Crippen molar-refractivity contribution in [2.45, 2.75) is 31.7 Å². The van der Waals surface area contributed by atoms with E-state index in [1.165, 1.54) is 12.8 Å². The van der Waals surface area contributed by atoms with Crippen molar-refractivity contribution < 1.29 is 5.11 Å². The zero-order chi connectivity index (χ0) is 12.3. The summed E-state index contributed by atoms with van der Waals surface area (Å²) in [6.07, 6.45) is 4.54. The molecule has 1 aliphatic carbocycles. The molecular weight excluding hydrogens is 263 g/mol. The maximum absolute atomic E-state index is 9.14. The van der Waals surface area contributed by atoms with E-state index >= 15 is 0 Å². The van der Waals surface area contributed by atoms with Crippen LogP contribution in [-0.2, 0) is 0 Å². The van der Waals surface area contributed by atoms with Crippen LogP contribution in [0.1, 0.15) is 25.7 Å². The molecule has 0 bridgehead atoms. The zero-order valence-corrected chi connectivity index (χ0v) is 10.8. The normalized spacial score (nSPS) is 16.4. The van der Waals surface area contributed by atoms with Crippen molar-refractivity contribution in [3.05, 3.63) is 10.4 Å². The van der Waals surface area contributed by atoms with Gasteiger partial charge >= 0.3 is 0 Å². The van der Waals surface area contributed by atoms with Crippen molar-refractivity contribution in [3.8, 4) is 0 Å². The van der Waals surface area contributed by atoms with Gasteiger partial charge < -0.3 is 10.0 Å². The van der Waals surface area contributed by atoms with Crippen molar-refractivity contribution in [1.29, 1.82) is 0 Å². The van der Waals surface area contributed by atoms with Crippen LogP contribution in [0.4, 0.5) is 5.82 Å². The largest absolute Gasteiger partial charge is 0.395 e. The third-order valence-electron chi connectivity index (χ3n) is 2.98. The van der Waals surface area contributed by atoms with Crippen LogP contribution in [-0.4, -0.2) is 39.5 Å². The first-order valence-corrected chi connectivity index (χ1v) is 6.41. The number of hydrogen-bond donors (Lipinski definition) is 1. The van der Waals surface area contributed by atoms with Crippen molar-refractivity contribution in [3.63, 3.8) is 0 Å². The van der Waals surface area contributed by atoms with Gasteiger partial charge in [0, 0.05) is 12.6 Å². The minimum atomic E-state index is 0.0501. The summed E-state index contributed by atoms with van der Waals surface area (Å²) >= 11 is 11.7. The molecule has 0 spiro atoms. The summed E-state index contributed by atoms with van der Waals surface area (Å²) < 4.78 is 0. The summed E-state index contributed by atoms with van der Waals surface area (Å²) in [5.74, 6) is 0.521. The Labute approximate surface area is 110 Å². The van der Waals surface area contributed by atoms with Crippen LogP contribution < -0.4 is 4.90 Å². The minimum absolute atomic E-state index is 0.0501. The molecule has 1 aromatic rings. The first kappa shape index (κ1) is 12.8. The van der Waals surface area contributed by atoms with Crippen LogP contribution in [0.5, 0.6) is 0 Å². The molecule has 1 saturated carbocycles. The molecule has 2 rings (SSSR count). The van der Waals surface area contributed by atoms with Gasteiger partial charge in [-0.3, -0.25) is 0 Å². The van der Waals surface area contributed by atoms with E-state index in [9.17, 15) is 0 Å². The Bertz CT molecular complexity index is 385. The lowest BCUT2D eigenvalue weighted by Gasteiger charge is -2.29. The van der Waals surface area contributed by atoms with Gasteiger partial charge in [0.05, 0.1) is 6.61 Å². The van der Waals surface area contributed by atoms with Gasteiger partial charge in [-0.25, -0.2) is 0 Å². The van der Waals surface area contributed by atoms with Crippen LogP contribution in [0.15, 0.2) is 0 Å². The molecule has 0 amide bonds. The predicted molar refractivity (Wildman–Crippen MR) is 66.5 cm³/mol. The van der Waals surface area contributed by atoms with Crippen molar-refractivity contribution in [2.75, 3.05) is 18.1 Å². The summed E-state index contributed by atoms with van der Waals surface area (Å²) in [6, 6.07) is 0.354. The first-order valence-electron chi connectivity index (χ1n) is 5.65. The minimum Gasteiger partial charge on any atom is -0.395 e. The molecule has 0 aromatic carbocycles. The van der Waals surface area contributed by atoms with Gasteiger partial charge in [0.25, 0.3) is 0 Å². The summed E-state index contributed by atoms with van der Waals surface area (Å²) in [4.78, 5) is 6.09. The van der Waals surface area contributed by atoms with Gasteiger partial charge in [0.2, 0.25) is 5.28 Å². The molecule has 94 valence electrons. The smallest absolute Gasteiger partial charge is 0.245 e. The highest BCUT2D eigenvalue weighted by molar-refractivity contribution is 6.32. The van der Waals surface area contributed by atoms with Crippen LogP contribution in [0.25, 0.3) is 0 Å². The van der Waals surface area contributed by atoms with E-state index in [2.05, 4.69) is 15.2 Å². The maximum atomic E-state index is 9.14. The zero-order valence-electron chi connectivity index (χ0n) is 9.31. The van der Waals surface area contributed by atoms with E-state index in [-0.39, 0.29) is 17.0 Å². The Kier molecular flexibility index (Phi) is 4.36. The van der Waals surface area contributed by atoms with E-state index < -0.39 is 0 Å². The average Bonchev–Trinajstić information content (AvgIpc) is 2.83.